The van der Waals surface area contributed by atoms with Crippen molar-refractivity contribution in [1.29, 1.82) is 0 Å². The first-order valence-electron chi connectivity index (χ1n) is 6.03. The zero-order valence-corrected chi connectivity index (χ0v) is 11.6. The molecule has 2 aromatic rings. The highest BCUT2D eigenvalue weighted by atomic mass is 32.1. The van der Waals surface area contributed by atoms with Crippen LogP contribution in [0.2, 0.25) is 0 Å². The molecule has 0 atom stereocenters. The number of ether oxygens (including phenoxy) is 2. The van der Waals surface area contributed by atoms with Gasteiger partial charge in [0, 0.05) is 37.2 Å². The molecule has 1 aromatic carbocycles. The van der Waals surface area contributed by atoms with Crippen LogP contribution in [-0.4, -0.2) is 30.3 Å². The molecule has 1 aromatic heterocycles. The van der Waals surface area contributed by atoms with Crippen LogP contribution in [0, 0.1) is 0 Å². The van der Waals surface area contributed by atoms with Crippen LogP contribution in [0.5, 0.6) is 5.88 Å². The number of fused-ring (bicyclic) bond motifs is 1. The SMILES string of the molecule is COCCCOc1cc(C(N)=S)c2ccccc2n1. The lowest BCUT2D eigenvalue weighted by molar-refractivity contribution is 0.170. The third-order valence-corrected chi connectivity index (χ3v) is 2.92. The number of pyridine rings is 1. The third kappa shape index (κ3) is 3.39. The molecular formula is C14H16N2O2S. The molecule has 0 saturated carbocycles. The lowest BCUT2D eigenvalue weighted by atomic mass is 10.1. The van der Waals surface area contributed by atoms with Gasteiger partial charge in [0.15, 0.2) is 0 Å². The number of nitrogens with two attached hydrogens (primary N) is 1. The van der Waals surface area contributed by atoms with Crippen LogP contribution in [0.25, 0.3) is 10.9 Å². The summed E-state index contributed by atoms with van der Waals surface area (Å²) in [5, 5.41) is 0.944. The monoisotopic (exact) mass is 276 g/mol. The van der Waals surface area contributed by atoms with E-state index >= 15 is 0 Å². The normalized spacial score (nSPS) is 10.6. The van der Waals surface area contributed by atoms with Gasteiger partial charge in [0.05, 0.1) is 12.1 Å². The van der Waals surface area contributed by atoms with Gasteiger partial charge >= 0.3 is 0 Å². The molecule has 0 bridgehead atoms. The van der Waals surface area contributed by atoms with Gasteiger partial charge < -0.3 is 15.2 Å². The summed E-state index contributed by atoms with van der Waals surface area (Å²) in [6.45, 7) is 1.21. The Balaban J connectivity index is 2.27. The highest BCUT2D eigenvalue weighted by Crippen LogP contribution is 2.22. The summed E-state index contributed by atoms with van der Waals surface area (Å²) < 4.78 is 10.6. The van der Waals surface area contributed by atoms with Crippen LogP contribution in [-0.2, 0) is 4.74 Å². The van der Waals surface area contributed by atoms with Gasteiger partial charge in [-0.1, -0.05) is 30.4 Å². The van der Waals surface area contributed by atoms with Gasteiger partial charge in [0.25, 0.3) is 0 Å². The fraction of sp³-hybridized carbons (Fsp3) is 0.286. The quantitative estimate of drug-likeness (QED) is 0.648. The van der Waals surface area contributed by atoms with Gasteiger partial charge in [-0.15, -0.1) is 0 Å². The van der Waals surface area contributed by atoms with E-state index in [1.807, 2.05) is 24.3 Å². The van der Waals surface area contributed by atoms with Crippen molar-refractivity contribution in [2.75, 3.05) is 20.3 Å². The average Bonchev–Trinajstić information content (AvgIpc) is 2.42. The van der Waals surface area contributed by atoms with E-state index in [0.29, 0.717) is 24.1 Å². The predicted molar refractivity (Wildman–Crippen MR) is 79.6 cm³/mol. The van der Waals surface area contributed by atoms with Crippen molar-refractivity contribution in [2.45, 2.75) is 6.42 Å². The zero-order chi connectivity index (χ0) is 13.7. The molecule has 100 valence electrons. The summed E-state index contributed by atoms with van der Waals surface area (Å²) in [6.07, 6.45) is 0.813. The first-order valence-corrected chi connectivity index (χ1v) is 6.44. The maximum absolute atomic E-state index is 5.75. The Hall–Kier alpha value is -1.72. The molecule has 2 N–H and O–H groups in total. The Morgan fingerprint density at radius 3 is 2.84 bits per heavy atom. The predicted octanol–water partition coefficient (Wildman–Crippen LogP) is 2.28. The summed E-state index contributed by atoms with van der Waals surface area (Å²) in [4.78, 5) is 4.79. The Kier molecular flexibility index (Phi) is 4.65. The van der Waals surface area contributed by atoms with Crippen LogP contribution >= 0.6 is 12.2 Å². The minimum Gasteiger partial charge on any atom is -0.478 e. The number of methoxy groups -OCH3 is 1. The summed E-state index contributed by atoms with van der Waals surface area (Å²) >= 11 is 5.08. The lowest BCUT2D eigenvalue weighted by Gasteiger charge is -2.09. The first kappa shape index (κ1) is 13.7. The van der Waals surface area contributed by atoms with E-state index in [2.05, 4.69) is 4.98 Å². The zero-order valence-electron chi connectivity index (χ0n) is 10.8. The minimum atomic E-state index is 0.348. The number of hydrogen-bond donors (Lipinski definition) is 1. The number of rotatable bonds is 6. The molecule has 0 aliphatic heterocycles. The van der Waals surface area contributed by atoms with Crippen LogP contribution in [0.1, 0.15) is 12.0 Å². The second-order valence-corrected chi connectivity index (χ2v) is 4.52. The topological polar surface area (TPSA) is 57.4 Å². The molecule has 0 radical (unpaired) electrons. The number of aromatic nitrogens is 1. The average molecular weight is 276 g/mol. The molecule has 0 unspecified atom stereocenters. The van der Waals surface area contributed by atoms with Gasteiger partial charge in [-0.05, 0) is 6.07 Å². The fourth-order valence-corrected chi connectivity index (χ4v) is 1.98. The smallest absolute Gasteiger partial charge is 0.214 e. The van der Waals surface area contributed by atoms with E-state index in [9.17, 15) is 0 Å². The van der Waals surface area contributed by atoms with E-state index in [0.717, 1.165) is 22.9 Å². The van der Waals surface area contributed by atoms with Crippen molar-refractivity contribution < 1.29 is 9.47 Å². The van der Waals surface area contributed by atoms with Crippen LogP contribution in [0.15, 0.2) is 30.3 Å². The van der Waals surface area contributed by atoms with Crippen molar-refractivity contribution in [2.24, 2.45) is 5.73 Å². The van der Waals surface area contributed by atoms with Crippen LogP contribution in [0.4, 0.5) is 0 Å². The lowest BCUT2D eigenvalue weighted by Crippen LogP contribution is -2.11. The van der Waals surface area contributed by atoms with E-state index in [4.69, 9.17) is 27.4 Å². The Morgan fingerprint density at radius 2 is 2.11 bits per heavy atom. The van der Waals surface area contributed by atoms with E-state index in [1.54, 1.807) is 13.2 Å². The van der Waals surface area contributed by atoms with Crippen LogP contribution < -0.4 is 10.5 Å². The summed E-state index contributed by atoms with van der Waals surface area (Å²) in [5.41, 5.74) is 7.38. The van der Waals surface area contributed by atoms with E-state index in [-0.39, 0.29) is 0 Å². The molecule has 0 saturated heterocycles. The van der Waals surface area contributed by atoms with Gasteiger partial charge in [0.1, 0.15) is 4.99 Å². The highest BCUT2D eigenvalue weighted by Gasteiger charge is 2.08. The number of nitrogens with zero attached hydrogens (tertiary/aromatic N) is 1. The molecule has 0 aliphatic rings. The molecular weight excluding hydrogens is 260 g/mol. The Bertz CT molecular complexity index is 587. The van der Waals surface area contributed by atoms with Gasteiger partial charge in [0.2, 0.25) is 5.88 Å². The number of hydrogen-bond acceptors (Lipinski definition) is 4. The minimum absolute atomic E-state index is 0.348. The number of para-hydroxylation sites is 1. The number of benzene rings is 1. The molecule has 4 nitrogen and oxygen atoms in total. The second kappa shape index (κ2) is 6.45. The fourth-order valence-electron chi connectivity index (χ4n) is 1.81. The number of thiocarbonyl (C=S) groups is 1. The van der Waals surface area contributed by atoms with Crippen molar-refractivity contribution in [1.82, 2.24) is 4.98 Å². The van der Waals surface area contributed by atoms with E-state index in [1.165, 1.54) is 0 Å². The summed E-state index contributed by atoms with van der Waals surface area (Å²) in [7, 11) is 1.67. The molecule has 0 fully saturated rings. The summed E-state index contributed by atoms with van der Waals surface area (Å²) in [5.74, 6) is 0.539. The Labute approximate surface area is 117 Å². The molecule has 0 amide bonds. The standard InChI is InChI=1S/C14H16N2O2S/c1-17-7-4-8-18-13-9-11(14(15)19)10-5-2-3-6-12(10)16-13/h2-3,5-6,9H,4,7-8H2,1H3,(H2,15,19). The first-order chi connectivity index (χ1) is 9.22. The van der Waals surface area contributed by atoms with E-state index < -0.39 is 0 Å². The van der Waals surface area contributed by atoms with Crippen molar-refractivity contribution in [3.8, 4) is 5.88 Å². The third-order valence-electron chi connectivity index (χ3n) is 2.70. The maximum atomic E-state index is 5.75. The van der Waals surface area contributed by atoms with Gasteiger partial charge in [-0.25, -0.2) is 4.98 Å². The Morgan fingerprint density at radius 1 is 1.32 bits per heavy atom. The maximum Gasteiger partial charge on any atom is 0.214 e. The van der Waals surface area contributed by atoms with Gasteiger partial charge in [-0.2, -0.15) is 0 Å². The highest BCUT2D eigenvalue weighted by molar-refractivity contribution is 7.80. The largest absolute Gasteiger partial charge is 0.478 e. The molecule has 0 spiro atoms. The van der Waals surface area contributed by atoms with Crippen molar-refractivity contribution in [3.63, 3.8) is 0 Å². The molecule has 2 rings (SSSR count). The molecule has 5 heteroatoms. The molecule has 0 aliphatic carbocycles. The molecule has 1 heterocycles. The summed E-state index contributed by atoms with van der Waals surface area (Å²) in [6, 6.07) is 9.51. The van der Waals surface area contributed by atoms with Crippen LogP contribution in [0.3, 0.4) is 0 Å². The van der Waals surface area contributed by atoms with Crippen molar-refractivity contribution >= 4 is 28.1 Å². The molecule has 19 heavy (non-hydrogen) atoms. The van der Waals surface area contributed by atoms with Gasteiger partial charge in [-0.3, -0.25) is 0 Å². The second-order valence-electron chi connectivity index (χ2n) is 4.08. The van der Waals surface area contributed by atoms with Crippen molar-refractivity contribution in [3.05, 3.63) is 35.9 Å².